The lowest BCUT2D eigenvalue weighted by molar-refractivity contribution is -0.303. The predicted octanol–water partition coefficient (Wildman–Crippen LogP) is 3.12. The van der Waals surface area contributed by atoms with Crippen LogP contribution in [0.1, 0.15) is 99.8 Å². The standard InChI is InChI=1S/C35H56O9/c1-17-14-19-26(30(4,5)40)44-35(43-19)25(17)31(6)12-13-34-16-33(34)11-10-22(42-27-24(38)23(37)18(36)15-41-27)29(2,3)20(33)8-9-21(34)32(31,7)28(35)39/h17-28,36-40H,8-16H2,1-7H3/t17-,18+,19-,20+,21+,22+,23+,24-,25-,26+,27-,28-,31-,32-,33-,34+,35+/m1/s1. The molecule has 8 fully saturated rings. The van der Waals surface area contributed by atoms with Crippen molar-refractivity contribution in [1.29, 1.82) is 0 Å². The van der Waals surface area contributed by atoms with E-state index in [1.165, 1.54) is 6.42 Å². The Bertz CT molecular complexity index is 1200. The second kappa shape index (κ2) is 9.00. The number of hydrogen-bond acceptors (Lipinski definition) is 9. The molecule has 0 aromatic carbocycles. The second-order valence-electron chi connectivity index (χ2n) is 18.3. The van der Waals surface area contributed by atoms with E-state index < -0.39 is 48.2 Å². The third-order valence-electron chi connectivity index (χ3n) is 15.9. The van der Waals surface area contributed by atoms with Crippen LogP contribution in [0, 0.1) is 50.7 Å². The monoisotopic (exact) mass is 620 g/mol. The fourth-order valence-corrected chi connectivity index (χ4v) is 14.0. The molecule has 0 amide bonds. The molecule has 5 saturated carbocycles. The molecule has 17 atom stereocenters. The SMILES string of the molecule is C[C@@H]1C[C@H]2O[C@@]3(O[C@@H]2C(C)(C)O)[C@H](O)[C@@]2(C)[C@@H]4CC[C@H]5C(C)(C)[C@@H](O[C@H]6OC[C@H](O)[C@H](O)[C@H]6O)CC[C@@]56C[C@@]46CC[C@]2(C)[C@@H]13. The van der Waals surface area contributed by atoms with Crippen LogP contribution in [-0.2, 0) is 18.9 Å². The first-order chi connectivity index (χ1) is 20.4. The van der Waals surface area contributed by atoms with Crippen LogP contribution in [0.3, 0.4) is 0 Å². The predicted molar refractivity (Wildman–Crippen MR) is 159 cm³/mol. The van der Waals surface area contributed by atoms with Crippen LogP contribution >= 0.6 is 0 Å². The summed E-state index contributed by atoms with van der Waals surface area (Å²) in [5.41, 5.74) is -1.39. The van der Waals surface area contributed by atoms with Crippen molar-refractivity contribution in [2.45, 2.75) is 160 Å². The molecule has 2 bridgehead atoms. The molecule has 0 aromatic rings. The van der Waals surface area contributed by atoms with E-state index in [2.05, 4.69) is 34.6 Å². The summed E-state index contributed by atoms with van der Waals surface area (Å²) in [4.78, 5) is 0. The summed E-state index contributed by atoms with van der Waals surface area (Å²) in [5, 5.41) is 54.5. The number of ether oxygens (including phenoxy) is 4. The van der Waals surface area contributed by atoms with Gasteiger partial charge in [-0.1, -0.05) is 34.6 Å². The van der Waals surface area contributed by atoms with Crippen molar-refractivity contribution in [3.05, 3.63) is 0 Å². The van der Waals surface area contributed by atoms with Crippen molar-refractivity contribution in [2.75, 3.05) is 6.61 Å². The van der Waals surface area contributed by atoms with Crippen molar-refractivity contribution in [3.8, 4) is 0 Å². The zero-order valence-corrected chi connectivity index (χ0v) is 27.7. The third kappa shape index (κ3) is 3.38. The van der Waals surface area contributed by atoms with Crippen LogP contribution in [-0.4, -0.2) is 92.5 Å². The van der Waals surface area contributed by atoms with E-state index >= 15 is 0 Å². The third-order valence-corrected chi connectivity index (χ3v) is 15.9. The van der Waals surface area contributed by atoms with Crippen LogP contribution in [0.2, 0.25) is 0 Å². The smallest absolute Gasteiger partial charge is 0.199 e. The highest BCUT2D eigenvalue weighted by atomic mass is 16.8. The van der Waals surface area contributed by atoms with Gasteiger partial charge in [-0.3, -0.25) is 0 Å². The van der Waals surface area contributed by atoms with E-state index in [9.17, 15) is 25.5 Å². The Labute approximate surface area is 262 Å². The lowest BCUT2D eigenvalue weighted by atomic mass is 9.41. The van der Waals surface area contributed by atoms with Gasteiger partial charge in [0.05, 0.1) is 24.4 Å². The molecule has 0 aromatic heterocycles. The maximum absolute atomic E-state index is 12.7. The van der Waals surface area contributed by atoms with Gasteiger partial charge in [0, 0.05) is 11.3 Å². The van der Waals surface area contributed by atoms with E-state index in [-0.39, 0.29) is 51.8 Å². The van der Waals surface area contributed by atoms with Crippen LogP contribution in [0.5, 0.6) is 0 Å². The number of aliphatic hydroxyl groups is 5. The van der Waals surface area contributed by atoms with Gasteiger partial charge in [-0.05, 0) is 105 Å². The van der Waals surface area contributed by atoms with Crippen LogP contribution < -0.4 is 0 Å². The molecule has 3 heterocycles. The highest BCUT2D eigenvalue weighted by Gasteiger charge is 2.88. The van der Waals surface area contributed by atoms with Gasteiger partial charge in [0.15, 0.2) is 12.1 Å². The largest absolute Gasteiger partial charge is 0.388 e. The topological polar surface area (TPSA) is 138 Å². The van der Waals surface area contributed by atoms with Gasteiger partial charge in [0.2, 0.25) is 0 Å². The Morgan fingerprint density at radius 2 is 1.52 bits per heavy atom. The fourth-order valence-electron chi connectivity index (χ4n) is 14.0. The molecule has 3 aliphatic heterocycles. The summed E-state index contributed by atoms with van der Waals surface area (Å²) in [7, 11) is 0. The zero-order valence-electron chi connectivity index (χ0n) is 27.7. The minimum atomic E-state index is -1.28. The lowest BCUT2D eigenvalue weighted by Gasteiger charge is -2.63. The van der Waals surface area contributed by atoms with E-state index in [0.29, 0.717) is 17.8 Å². The summed E-state index contributed by atoms with van der Waals surface area (Å²) in [6.45, 7) is 15.2. The summed E-state index contributed by atoms with van der Waals surface area (Å²) < 4.78 is 25.8. The Morgan fingerprint density at radius 1 is 0.841 bits per heavy atom. The second-order valence-corrected chi connectivity index (χ2v) is 18.3. The quantitative estimate of drug-likeness (QED) is 0.301. The molecule has 5 aliphatic carbocycles. The van der Waals surface area contributed by atoms with Gasteiger partial charge in [-0.15, -0.1) is 0 Å². The van der Waals surface area contributed by atoms with Crippen molar-refractivity contribution in [2.24, 2.45) is 50.7 Å². The summed E-state index contributed by atoms with van der Waals surface area (Å²) >= 11 is 0. The minimum Gasteiger partial charge on any atom is -0.388 e. The van der Waals surface area contributed by atoms with E-state index in [0.717, 1.165) is 44.9 Å². The molecular formula is C35H56O9. The molecule has 5 N–H and O–H groups in total. The fraction of sp³-hybridized carbons (Fsp3) is 1.00. The Kier molecular flexibility index (Phi) is 6.33. The molecule has 3 saturated heterocycles. The molecule has 8 rings (SSSR count). The van der Waals surface area contributed by atoms with Crippen molar-refractivity contribution in [1.82, 2.24) is 0 Å². The molecule has 0 radical (unpaired) electrons. The molecule has 250 valence electrons. The van der Waals surface area contributed by atoms with Gasteiger partial charge in [-0.25, -0.2) is 0 Å². The van der Waals surface area contributed by atoms with E-state index in [1.807, 2.05) is 0 Å². The van der Waals surface area contributed by atoms with Crippen molar-refractivity contribution < 1.29 is 44.5 Å². The van der Waals surface area contributed by atoms with Gasteiger partial charge in [0.1, 0.15) is 30.5 Å². The van der Waals surface area contributed by atoms with Gasteiger partial charge in [0.25, 0.3) is 0 Å². The first kappa shape index (κ1) is 30.9. The molecule has 44 heavy (non-hydrogen) atoms. The maximum Gasteiger partial charge on any atom is 0.199 e. The van der Waals surface area contributed by atoms with Gasteiger partial charge in [-0.2, -0.15) is 0 Å². The summed E-state index contributed by atoms with van der Waals surface area (Å²) in [6.07, 6.45) is 2.00. The normalized spacial score (nSPS) is 62.2. The molecule has 0 unspecified atom stereocenters. The van der Waals surface area contributed by atoms with Crippen LogP contribution in [0.4, 0.5) is 0 Å². The van der Waals surface area contributed by atoms with Gasteiger partial charge < -0.3 is 44.5 Å². The minimum absolute atomic E-state index is 0.0559. The number of hydrogen-bond donors (Lipinski definition) is 5. The Hall–Kier alpha value is -0.360. The highest BCUT2D eigenvalue weighted by Crippen LogP contribution is 2.90. The first-order valence-corrected chi connectivity index (χ1v) is 17.5. The Morgan fingerprint density at radius 3 is 2.23 bits per heavy atom. The maximum atomic E-state index is 12.7. The molecule has 9 heteroatoms. The average molecular weight is 621 g/mol. The molecule has 8 aliphatic rings. The molecule has 9 nitrogen and oxygen atoms in total. The lowest BCUT2D eigenvalue weighted by Crippen LogP contribution is -2.61. The van der Waals surface area contributed by atoms with Crippen molar-refractivity contribution in [3.63, 3.8) is 0 Å². The molecular weight excluding hydrogens is 564 g/mol. The van der Waals surface area contributed by atoms with E-state index in [1.54, 1.807) is 13.8 Å². The number of aliphatic hydroxyl groups excluding tert-OH is 4. The summed E-state index contributed by atoms with van der Waals surface area (Å²) in [5.74, 6) is 0.108. The van der Waals surface area contributed by atoms with Gasteiger partial charge >= 0.3 is 0 Å². The van der Waals surface area contributed by atoms with E-state index in [4.69, 9.17) is 18.9 Å². The number of fused-ring (bicyclic) bond motifs is 4. The highest BCUT2D eigenvalue weighted by molar-refractivity contribution is 5.34. The number of rotatable bonds is 3. The van der Waals surface area contributed by atoms with Crippen LogP contribution in [0.15, 0.2) is 0 Å². The first-order valence-electron chi connectivity index (χ1n) is 17.5. The van der Waals surface area contributed by atoms with Crippen molar-refractivity contribution >= 4 is 0 Å². The summed E-state index contributed by atoms with van der Waals surface area (Å²) in [6, 6.07) is 0. The Balaban J connectivity index is 1.10. The zero-order chi connectivity index (χ0) is 31.6. The molecule has 3 spiro atoms. The van der Waals surface area contributed by atoms with Crippen LogP contribution in [0.25, 0.3) is 0 Å². The average Bonchev–Trinajstić information content (AvgIpc) is 3.45.